The van der Waals surface area contributed by atoms with Gasteiger partial charge in [-0.05, 0) is 67.2 Å². The number of hydrogen-bond acceptors (Lipinski definition) is 6. The molecule has 0 bridgehead atoms. The van der Waals surface area contributed by atoms with E-state index in [1.54, 1.807) is 13.8 Å². The molecule has 2 aromatic rings. The average molecular weight is 557 g/mol. The van der Waals surface area contributed by atoms with E-state index in [4.69, 9.17) is 0 Å². The number of rotatable bonds is 4. The van der Waals surface area contributed by atoms with E-state index in [1.165, 1.54) is 6.92 Å². The number of carbonyl (C=O) groups is 3. The number of hydrogen-bond donors (Lipinski definition) is 3. The van der Waals surface area contributed by atoms with Crippen molar-refractivity contribution >= 4 is 23.1 Å². The quantitative estimate of drug-likeness (QED) is 0.293. The minimum Gasteiger partial charge on any atom is -0.507 e. The number of allylic oxidation sites excluding steroid dienone is 1. The maximum Gasteiger partial charge on any atom is 0.206 e. The molecule has 4 atom stereocenters. The number of fused-ring (bicyclic) bond motifs is 3. The Balaban J connectivity index is 1.84. The first-order valence-electron chi connectivity index (χ1n) is 14.4. The molecule has 0 heterocycles. The maximum absolute atomic E-state index is 14.6. The van der Waals surface area contributed by atoms with Gasteiger partial charge < -0.3 is 15.3 Å². The molecular formula is C35H40O6. The van der Waals surface area contributed by atoms with Crippen LogP contribution >= 0.6 is 0 Å². The molecule has 41 heavy (non-hydrogen) atoms. The Labute approximate surface area is 241 Å². The number of ketones is 3. The molecule has 1 saturated carbocycles. The molecule has 0 unspecified atom stereocenters. The van der Waals surface area contributed by atoms with Crippen LogP contribution in [0.15, 0.2) is 53.1 Å². The highest BCUT2D eigenvalue weighted by Crippen LogP contribution is 2.65. The predicted octanol–water partition coefficient (Wildman–Crippen LogP) is 6.48. The normalized spacial score (nSPS) is 29.6. The van der Waals surface area contributed by atoms with E-state index in [-0.39, 0.29) is 40.7 Å². The molecule has 0 amide bonds. The van der Waals surface area contributed by atoms with Crippen LogP contribution < -0.4 is 0 Å². The standard InChI is InChI=1S/C35H40O6/c1-17(2)22-14-23(21-12-10-9-11-13-21)29(37)26-24(22)15-33(7)16-34(8)27(18(3)4)19(5)25(20(6)36)31(39)35(34,41)32(40)28(33)30(26)38/h9-14,17-18,27,37-38,41H,15-16H2,1-8H3/t27-,33+,34+,35-/m1/s1. The number of Topliss-reactive ketones (excluding diaryl/α,β-unsaturated/α-hetero) is 3. The zero-order valence-corrected chi connectivity index (χ0v) is 25.2. The number of aliphatic hydroxyl groups is 2. The molecule has 2 aromatic carbocycles. The van der Waals surface area contributed by atoms with Gasteiger partial charge >= 0.3 is 0 Å². The van der Waals surface area contributed by atoms with Crippen molar-refractivity contribution < 1.29 is 29.7 Å². The lowest BCUT2D eigenvalue weighted by Crippen LogP contribution is -2.70. The SMILES string of the molecule is CC(=O)C1=C(C)[C@@H](C(C)C)[C@]2(C)C[C@]3(C)Cc4c(C(C)C)cc(-c5ccccc5)c(O)c4C(O)=C3C(=O)[C@]2(O)C1=O. The van der Waals surface area contributed by atoms with Crippen LogP contribution in [0.3, 0.4) is 0 Å². The fourth-order valence-electron chi connectivity index (χ4n) is 8.70. The fraction of sp³-hybridized carbons (Fsp3) is 0.457. The van der Waals surface area contributed by atoms with E-state index < -0.39 is 45.5 Å². The molecular weight excluding hydrogens is 516 g/mol. The van der Waals surface area contributed by atoms with Crippen molar-refractivity contribution in [1.82, 2.24) is 0 Å². The number of phenolic OH excluding ortho intramolecular Hbond substituents is 1. The third kappa shape index (κ3) is 3.69. The Morgan fingerprint density at radius 2 is 1.61 bits per heavy atom. The smallest absolute Gasteiger partial charge is 0.206 e. The van der Waals surface area contributed by atoms with Gasteiger partial charge in [0.2, 0.25) is 11.6 Å². The lowest BCUT2D eigenvalue weighted by Gasteiger charge is -2.60. The van der Waals surface area contributed by atoms with Gasteiger partial charge in [0.1, 0.15) is 11.5 Å². The minimum atomic E-state index is -2.53. The molecule has 0 aromatic heterocycles. The lowest BCUT2D eigenvalue weighted by molar-refractivity contribution is -0.180. The van der Waals surface area contributed by atoms with Gasteiger partial charge in [0.05, 0.1) is 11.1 Å². The van der Waals surface area contributed by atoms with Gasteiger partial charge in [-0.25, -0.2) is 0 Å². The van der Waals surface area contributed by atoms with Gasteiger partial charge in [0, 0.05) is 22.0 Å². The largest absolute Gasteiger partial charge is 0.507 e. The van der Waals surface area contributed by atoms with Crippen LogP contribution in [0.1, 0.15) is 84.4 Å². The molecule has 0 saturated heterocycles. The Kier molecular flexibility index (Phi) is 6.54. The zero-order chi connectivity index (χ0) is 30.4. The van der Waals surface area contributed by atoms with E-state index in [0.29, 0.717) is 17.6 Å². The first kappa shape index (κ1) is 29.0. The maximum atomic E-state index is 14.6. The summed E-state index contributed by atoms with van der Waals surface area (Å²) in [5, 5.41) is 35.8. The second-order valence-electron chi connectivity index (χ2n) is 13.5. The molecule has 216 valence electrons. The fourth-order valence-corrected chi connectivity index (χ4v) is 8.70. The van der Waals surface area contributed by atoms with Crippen LogP contribution in [0.5, 0.6) is 5.75 Å². The molecule has 3 N–H and O–H groups in total. The van der Waals surface area contributed by atoms with Crippen molar-refractivity contribution in [2.24, 2.45) is 22.7 Å². The summed E-state index contributed by atoms with van der Waals surface area (Å²) in [6.07, 6.45) is 0.577. The van der Waals surface area contributed by atoms with Crippen LogP contribution in [0.2, 0.25) is 0 Å². The van der Waals surface area contributed by atoms with Gasteiger partial charge in [0.25, 0.3) is 0 Å². The molecule has 0 radical (unpaired) electrons. The topological polar surface area (TPSA) is 112 Å². The lowest BCUT2D eigenvalue weighted by atomic mass is 9.42. The molecule has 6 nitrogen and oxygen atoms in total. The molecule has 3 aliphatic rings. The molecule has 0 spiro atoms. The third-order valence-electron chi connectivity index (χ3n) is 10.1. The van der Waals surface area contributed by atoms with Crippen molar-refractivity contribution in [2.75, 3.05) is 0 Å². The van der Waals surface area contributed by atoms with E-state index >= 15 is 0 Å². The molecule has 3 aliphatic carbocycles. The van der Waals surface area contributed by atoms with Gasteiger partial charge in [-0.3, -0.25) is 14.4 Å². The van der Waals surface area contributed by atoms with Crippen LogP contribution in [-0.4, -0.2) is 38.3 Å². The first-order chi connectivity index (χ1) is 19.0. The Hall–Kier alpha value is -3.51. The Morgan fingerprint density at radius 3 is 2.15 bits per heavy atom. The summed E-state index contributed by atoms with van der Waals surface area (Å²) < 4.78 is 0. The summed E-state index contributed by atoms with van der Waals surface area (Å²) in [6, 6.07) is 11.3. The summed E-state index contributed by atoms with van der Waals surface area (Å²) in [4.78, 5) is 41.3. The van der Waals surface area contributed by atoms with E-state index in [2.05, 4.69) is 13.8 Å². The van der Waals surface area contributed by atoms with E-state index in [0.717, 1.165) is 16.7 Å². The van der Waals surface area contributed by atoms with Crippen LogP contribution in [0.4, 0.5) is 0 Å². The van der Waals surface area contributed by atoms with Gasteiger partial charge in [-0.15, -0.1) is 0 Å². The summed E-state index contributed by atoms with van der Waals surface area (Å²) in [7, 11) is 0. The number of benzene rings is 2. The molecule has 0 aliphatic heterocycles. The van der Waals surface area contributed by atoms with Crippen LogP contribution in [-0.2, 0) is 20.8 Å². The summed E-state index contributed by atoms with van der Waals surface area (Å²) in [6.45, 7) is 14.8. The highest BCUT2D eigenvalue weighted by molar-refractivity contribution is 6.33. The van der Waals surface area contributed by atoms with Crippen molar-refractivity contribution in [3.05, 3.63) is 69.8 Å². The van der Waals surface area contributed by atoms with Crippen molar-refractivity contribution in [1.29, 1.82) is 0 Å². The van der Waals surface area contributed by atoms with Crippen molar-refractivity contribution in [3.63, 3.8) is 0 Å². The van der Waals surface area contributed by atoms with Gasteiger partial charge in [0.15, 0.2) is 11.4 Å². The second kappa shape index (κ2) is 9.25. The van der Waals surface area contributed by atoms with E-state index in [9.17, 15) is 29.7 Å². The number of phenols is 1. The van der Waals surface area contributed by atoms with Crippen LogP contribution in [0.25, 0.3) is 16.9 Å². The monoisotopic (exact) mass is 556 g/mol. The predicted molar refractivity (Wildman–Crippen MR) is 158 cm³/mol. The first-order valence-corrected chi connectivity index (χ1v) is 14.4. The minimum absolute atomic E-state index is 0.0551. The zero-order valence-electron chi connectivity index (χ0n) is 25.2. The van der Waals surface area contributed by atoms with Crippen molar-refractivity contribution in [3.8, 4) is 16.9 Å². The highest BCUT2D eigenvalue weighted by atomic mass is 16.3. The highest BCUT2D eigenvalue weighted by Gasteiger charge is 2.72. The van der Waals surface area contributed by atoms with Crippen LogP contribution in [0, 0.1) is 22.7 Å². The average Bonchev–Trinajstić information content (AvgIpc) is 2.86. The molecule has 1 fully saturated rings. The number of aromatic hydroxyl groups is 1. The Bertz CT molecular complexity index is 1580. The Morgan fingerprint density at radius 1 is 1.00 bits per heavy atom. The summed E-state index contributed by atoms with van der Waals surface area (Å²) in [5.41, 5.74) is -1.09. The summed E-state index contributed by atoms with van der Waals surface area (Å²) in [5.74, 6) is -3.27. The second-order valence-corrected chi connectivity index (χ2v) is 13.5. The number of carbonyl (C=O) groups excluding carboxylic acids is 3. The van der Waals surface area contributed by atoms with E-state index in [1.807, 2.05) is 57.2 Å². The summed E-state index contributed by atoms with van der Waals surface area (Å²) >= 11 is 0. The molecule has 5 rings (SSSR count). The van der Waals surface area contributed by atoms with Gasteiger partial charge in [-0.1, -0.05) is 77.4 Å². The van der Waals surface area contributed by atoms with Crippen molar-refractivity contribution in [2.45, 2.75) is 79.8 Å². The third-order valence-corrected chi connectivity index (χ3v) is 10.1. The number of aliphatic hydroxyl groups excluding tert-OH is 1. The molecule has 6 heteroatoms. The van der Waals surface area contributed by atoms with Gasteiger partial charge in [-0.2, -0.15) is 0 Å².